The summed E-state index contributed by atoms with van der Waals surface area (Å²) < 4.78 is 17.0. The van der Waals surface area contributed by atoms with Crippen molar-refractivity contribution in [2.45, 2.75) is 39.2 Å². The van der Waals surface area contributed by atoms with E-state index in [1.807, 2.05) is 50.2 Å². The lowest BCUT2D eigenvalue weighted by Crippen LogP contribution is -2.46. The molecule has 0 aliphatic carbocycles. The Hall–Kier alpha value is -4.83. The number of carbonyl (C=O) groups excluding carboxylic acids is 1. The molecule has 2 aliphatic heterocycles. The number of nitrogens with zero attached hydrogens (tertiary/aromatic N) is 5. The Bertz CT molecular complexity index is 1700. The molecule has 1 aromatic heterocycles. The summed E-state index contributed by atoms with van der Waals surface area (Å²) in [7, 11) is 7.05. The molecule has 1 saturated heterocycles. The van der Waals surface area contributed by atoms with Crippen LogP contribution >= 0.6 is 0 Å². The zero-order valence-electron chi connectivity index (χ0n) is 26.8. The average molecular weight is 609 g/mol. The van der Waals surface area contributed by atoms with E-state index in [0.29, 0.717) is 41.4 Å². The van der Waals surface area contributed by atoms with Crippen molar-refractivity contribution in [2.24, 2.45) is 0 Å². The lowest BCUT2D eigenvalue weighted by molar-refractivity contribution is 0.252. The number of fused-ring (bicyclic) bond motifs is 1. The molecule has 0 unspecified atom stereocenters. The van der Waals surface area contributed by atoms with Crippen LogP contribution in [0.4, 0.5) is 33.6 Å². The normalized spacial score (nSPS) is 15.6. The third kappa shape index (κ3) is 5.85. The third-order valence-electron chi connectivity index (χ3n) is 8.79. The quantitative estimate of drug-likeness (QED) is 0.230. The predicted octanol–water partition coefficient (Wildman–Crippen LogP) is 6.95. The van der Waals surface area contributed by atoms with Gasteiger partial charge >= 0.3 is 6.03 Å². The van der Waals surface area contributed by atoms with Crippen LogP contribution in [0, 0.1) is 13.8 Å². The van der Waals surface area contributed by atoms with Crippen LogP contribution in [-0.4, -0.2) is 62.4 Å². The van der Waals surface area contributed by atoms with Gasteiger partial charge in [-0.2, -0.15) is 4.98 Å². The second kappa shape index (κ2) is 12.6. The summed E-state index contributed by atoms with van der Waals surface area (Å²) >= 11 is 0. The van der Waals surface area contributed by atoms with Gasteiger partial charge in [0.05, 0.1) is 39.2 Å². The number of anilines is 5. The van der Waals surface area contributed by atoms with E-state index in [9.17, 15) is 4.79 Å². The van der Waals surface area contributed by atoms with E-state index < -0.39 is 0 Å². The van der Waals surface area contributed by atoms with Crippen molar-refractivity contribution >= 4 is 34.9 Å². The highest BCUT2D eigenvalue weighted by Crippen LogP contribution is 2.43. The molecule has 2 aliphatic rings. The number of carbonyl (C=O) groups is 1. The molecule has 0 saturated carbocycles. The van der Waals surface area contributed by atoms with Crippen molar-refractivity contribution in [2.75, 3.05) is 56.6 Å². The number of likely N-dealkylation sites (tertiary alicyclic amines) is 1. The third-order valence-corrected chi connectivity index (χ3v) is 8.79. The fourth-order valence-electron chi connectivity index (χ4n) is 6.38. The number of benzene rings is 3. The number of hydrogen-bond donors (Lipinski definition) is 1. The van der Waals surface area contributed by atoms with Crippen molar-refractivity contribution in [3.05, 3.63) is 83.0 Å². The molecule has 4 aromatic rings. The second-order valence-electron chi connectivity index (χ2n) is 11.7. The van der Waals surface area contributed by atoms with Crippen molar-refractivity contribution in [3.8, 4) is 17.2 Å². The predicted molar refractivity (Wildman–Crippen MR) is 177 cm³/mol. The Labute approximate surface area is 264 Å². The Morgan fingerprint density at radius 2 is 1.62 bits per heavy atom. The van der Waals surface area contributed by atoms with E-state index in [4.69, 9.17) is 19.2 Å². The summed E-state index contributed by atoms with van der Waals surface area (Å²) in [6.45, 7) is 6.50. The highest BCUT2D eigenvalue weighted by atomic mass is 16.5. The first-order valence-electron chi connectivity index (χ1n) is 15.2. The Morgan fingerprint density at radius 1 is 0.889 bits per heavy atom. The van der Waals surface area contributed by atoms with Crippen LogP contribution in [0.2, 0.25) is 0 Å². The fraction of sp³-hybridized carbons (Fsp3) is 0.343. The van der Waals surface area contributed by atoms with E-state index >= 15 is 0 Å². The number of hydrogen-bond acceptors (Lipinski definition) is 8. The standard InChI is InChI=1S/C35H40N6O4/c1-22-8-7-9-23(2)32(22)40-21-25-20-36-34(37-26-10-12-28(30(18-26)44-5)24-14-16-39(3)17-15-24)38-33(25)41(35(40)42)29-13-11-27(43-4)19-31(29)45-6/h7-13,18-20,24H,14-17,21H2,1-6H3,(H,36,37,38). The highest BCUT2D eigenvalue weighted by Gasteiger charge is 2.37. The van der Waals surface area contributed by atoms with Gasteiger partial charge in [0, 0.05) is 29.6 Å². The summed E-state index contributed by atoms with van der Waals surface area (Å²) in [6, 6.07) is 17.3. The molecule has 1 N–H and O–H groups in total. The molecule has 10 heteroatoms. The smallest absolute Gasteiger partial charge is 0.335 e. The van der Waals surface area contributed by atoms with Crippen LogP contribution in [0.5, 0.6) is 17.2 Å². The average Bonchev–Trinajstić information content (AvgIpc) is 3.05. The zero-order valence-corrected chi connectivity index (χ0v) is 26.8. The summed E-state index contributed by atoms with van der Waals surface area (Å²) in [6.07, 6.45) is 3.99. The fourth-order valence-corrected chi connectivity index (χ4v) is 6.38. The minimum atomic E-state index is -0.239. The lowest BCUT2D eigenvalue weighted by Gasteiger charge is -2.37. The first kappa shape index (κ1) is 30.2. The molecule has 0 spiro atoms. The number of aryl methyl sites for hydroxylation is 2. The number of methoxy groups -OCH3 is 3. The summed E-state index contributed by atoms with van der Waals surface area (Å²) in [5, 5.41) is 3.35. The number of nitrogens with one attached hydrogen (secondary N) is 1. The molecule has 45 heavy (non-hydrogen) atoms. The minimum absolute atomic E-state index is 0.239. The molecule has 0 atom stereocenters. The zero-order chi connectivity index (χ0) is 31.7. The highest BCUT2D eigenvalue weighted by molar-refractivity contribution is 6.11. The van der Waals surface area contributed by atoms with Crippen LogP contribution in [-0.2, 0) is 6.54 Å². The van der Waals surface area contributed by atoms with E-state index in [0.717, 1.165) is 59.7 Å². The molecule has 3 aromatic carbocycles. The molecule has 0 radical (unpaired) electrons. The van der Waals surface area contributed by atoms with Gasteiger partial charge in [0.2, 0.25) is 5.95 Å². The van der Waals surface area contributed by atoms with Gasteiger partial charge in [-0.1, -0.05) is 24.3 Å². The van der Waals surface area contributed by atoms with Crippen LogP contribution in [0.15, 0.2) is 60.8 Å². The number of rotatable bonds is 8. The maximum atomic E-state index is 14.4. The first-order valence-corrected chi connectivity index (χ1v) is 15.2. The van der Waals surface area contributed by atoms with Crippen molar-refractivity contribution < 1.29 is 19.0 Å². The van der Waals surface area contributed by atoms with Gasteiger partial charge in [0.15, 0.2) is 5.82 Å². The van der Waals surface area contributed by atoms with Crippen molar-refractivity contribution in [3.63, 3.8) is 0 Å². The number of amides is 2. The van der Waals surface area contributed by atoms with E-state index in [2.05, 4.69) is 28.3 Å². The van der Waals surface area contributed by atoms with Gasteiger partial charge in [-0.05, 0) is 87.6 Å². The van der Waals surface area contributed by atoms with Gasteiger partial charge in [-0.3, -0.25) is 4.90 Å². The van der Waals surface area contributed by atoms with Gasteiger partial charge < -0.3 is 24.4 Å². The van der Waals surface area contributed by atoms with Crippen LogP contribution in [0.3, 0.4) is 0 Å². The number of aromatic nitrogens is 2. The van der Waals surface area contributed by atoms with Crippen LogP contribution in [0.25, 0.3) is 0 Å². The second-order valence-corrected chi connectivity index (χ2v) is 11.7. The molecule has 10 nitrogen and oxygen atoms in total. The number of para-hydroxylation sites is 1. The molecular weight excluding hydrogens is 568 g/mol. The first-order chi connectivity index (χ1) is 21.8. The Kier molecular flexibility index (Phi) is 8.49. The molecule has 6 rings (SSSR count). The van der Waals surface area contributed by atoms with Crippen LogP contribution in [0.1, 0.15) is 41.0 Å². The maximum Gasteiger partial charge on any atom is 0.335 e. The summed E-state index contributed by atoms with van der Waals surface area (Å²) in [5.41, 5.74) is 6.25. The molecule has 0 bridgehead atoms. The molecule has 1 fully saturated rings. The van der Waals surface area contributed by atoms with Gasteiger partial charge in [-0.15, -0.1) is 0 Å². The number of ether oxygens (including phenoxy) is 3. The Morgan fingerprint density at radius 3 is 2.31 bits per heavy atom. The number of urea groups is 1. The molecule has 3 heterocycles. The molecule has 234 valence electrons. The SMILES string of the molecule is COc1ccc(N2C(=O)N(c3c(C)cccc3C)Cc3cnc(Nc4ccc(C5CCN(C)CC5)c(OC)c4)nc32)c(OC)c1. The van der Waals surface area contributed by atoms with Crippen LogP contribution < -0.4 is 29.3 Å². The van der Waals surface area contributed by atoms with Gasteiger partial charge in [0.1, 0.15) is 17.2 Å². The Balaban J connectivity index is 1.39. The lowest BCUT2D eigenvalue weighted by atomic mass is 9.89. The minimum Gasteiger partial charge on any atom is -0.497 e. The van der Waals surface area contributed by atoms with E-state index in [1.165, 1.54) is 5.56 Å². The maximum absolute atomic E-state index is 14.4. The monoisotopic (exact) mass is 608 g/mol. The molecular formula is C35H40N6O4. The largest absolute Gasteiger partial charge is 0.497 e. The summed E-state index contributed by atoms with van der Waals surface area (Å²) in [4.78, 5) is 29.8. The topological polar surface area (TPSA) is 92.3 Å². The van der Waals surface area contributed by atoms with Gasteiger partial charge in [0.25, 0.3) is 0 Å². The van der Waals surface area contributed by atoms with Crippen molar-refractivity contribution in [1.29, 1.82) is 0 Å². The van der Waals surface area contributed by atoms with E-state index in [-0.39, 0.29) is 6.03 Å². The van der Waals surface area contributed by atoms with E-state index in [1.54, 1.807) is 49.5 Å². The number of piperidine rings is 1. The summed E-state index contributed by atoms with van der Waals surface area (Å²) in [5.74, 6) is 3.27. The van der Waals surface area contributed by atoms with Crippen molar-refractivity contribution in [1.82, 2.24) is 14.9 Å². The molecule has 2 amide bonds. The van der Waals surface area contributed by atoms with Gasteiger partial charge in [-0.25, -0.2) is 14.7 Å².